The molecule has 69 heavy (non-hydrogen) atoms. The Hall–Kier alpha value is -7.20. The van der Waals surface area contributed by atoms with Crippen molar-refractivity contribution in [2.24, 2.45) is 11.8 Å². The highest BCUT2D eigenvalue weighted by Gasteiger charge is 2.61. The quantitative estimate of drug-likeness (QED) is 0.163. The van der Waals surface area contributed by atoms with Crippen molar-refractivity contribution in [3.05, 3.63) is 265 Å². The first-order chi connectivity index (χ1) is 34.0. The Morgan fingerprint density at radius 2 is 0.739 bits per heavy atom. The molecule has 0 bridgehead atoms. The van der Waals surface area contributed by atoms with E-state index in [1.165, 1.54) is 88.0 Å². The molecular weight excluding hydrogens is 850 g/mol. The molecular formula is C64H50B2N2S. The van der Waals surface area contributed by atoms with Crippen molar-refractivity contribution in [2.75, 3.05) is 9.80 Å². The van der Waals surface area contributed by atoms with Crippen LogP contribution in [-0.4, -0.2) is 13.4 Å². The van der Waals surface area contributed by atoms with Crippen LogP contribution in [-0.2, 0) is 10.8 Å². The summed E-state index contributed by atoms with van der Waals surface area (Å²) in [5.74, 6) is 0.977. The molecule has 0 saturated carbocycles. The Kier molecular flexibility index (Phi) is 9.27. The minimum absolute atomic E-state index is 0.0980. The van der Waals surface area contributed by atoms with Crippen LogP contribution in [0.4, 0.5) is 34.1 Å². The van der Waals surface area contributed by atoms with Gasteiger partial charge < -0.3 is 9.80 Å². The third kappa shape index (κ3) is 5.90. The maximum Gasteiger partial charge on any atom is 0.217 e. The number of fused-ring (bicyclic) bond motifs is 12. The fourth-order valence-electron chi connectivity index (χ4n) is 14.0. The number of nitrogens with zero attached hydrogens (tertiary/aromatic N) is 2. The monoisotopic (exact) mass is 900 g/mol. The van der Waals surface area contributed by atoms with Gasteiger partial charge in [0, 0.05) is 32.0 Å². The van der Waals surface area contributed by atoms with Gasteiger partial charge >= 0.3 is 0 Å². The second kappa shape index (κ2) is 15.7. The highest BCUT2D eigenvalue weighted by Crippen LogP contribution is 2.61. The lowest BCUT2D eigenvalue weighted by molar-refractivity contribution is 0.281. The summed E-state index contributed by atoms with van der Waals surface area (Å²) in [4.78, 5) is 7.49. The molecule has 5 atom stereocenters. The van der Waals surface area contributed by atoms with Crippen LogP contribution in [0.5, 0.6) is 0 Å². The van der Waals surface area contributed by atoms with Crippen molar-refractivity contribution in [1.82, 2.24) is 0 Å². The van der Waals surface area contributed by atoms with E-state index in [0.717, 1.165) is 0 Å². The molecule has 5 heteroatoms. The van der Waals surface area contributed by atoms with E-state index in [1.54, 1.807) is 0 Å². The van der Waals surface area contributed by atoms with Crippen molar-refractivity contribution < 1.29 is 0 Å². The van der Waals surface area contributed by atoms with Gasteiger partial charge in [-0.25, -0.2) is 0 Å². The summed E-state index contributed by atoms with van der Waals surface area (Å²) in [7, 11) is 0. The average Bonchev–Trinajstić information content (AvgIpc) is 3.41. The Morgan fingerprint density at radius 1 is 0.377 bits per heavy atom. The van der Waals surface area contributed by atoms with Gasteiger partial charge in [-0.05, 0) is 106 Å². The second-order valence-electron chi connectivity index (χ2n) is 20.3. The molecule has 6 aliphatic rings. The fraction of sp³-hybridized carbons (Fsp3) is 0.125. The first kappa shape index (κ1) is 40.8. The standard InChI is InChI=1S/C64H50B2N2S/c1-63(2)51-23-7-13-29-57(51)67(58-30-14-8-24-52(58)63)45-39-35-43(36-40-45)65-53-25-9-3-19-47(53)64(48-20-4-10-26-54(48)65)49-21-5-11-27-55(49)66(56-28-12-6-22-50(56)64)44-37-41-46(42-38-44)68-59-31-15-17-33-61(59)69-62-34-18-16-32-60(62)68/h3-42,47,49,53,55H,1-2H3. The molecule has 4 aliphatic heterocycles. The fourth-order valence-corrected chi connectivity index (χ4v) is 15.0. The number of hydrogen-bond acceptors (Lipinski definition) is 3. The summed E-state index contributed by atoms with van der Waals surface area (Å²) in [6, 6.07) is 73.8. The van der Waals surface area contributed by atoms with Crippen LogP contribution < -0.4 is 31.7 Å². The summed E-state index contributed by atoms with van der Waals surface area (Å²) in [5.41, 5.74) is 18.2. The molecule has 328 valence electrons. The van der Waals surface area contributed by atoms with Gasteiger partial charge in [0.2, 0.25) is 13.4 Å². The summed E-state index contributed by atoms with van der Waals surface area (Å²) in [6.45, 7) is 5.10. The number of allylic oxidation sites excluding steroid dienone is 8. The van der Waals surface area contributed by atoms with Crippen LogP contribution in [0.2, 0.25) is 11.6 Å². The van der Waals surface area contributed by atoms with E-state index in [2.05, 4.69) is 266 Å². The zero-order valence-electron chi connectivity index (χ0n) is 38.9. The number of rotatable bonds is 4. The normalized spacial score (nSPS) is 22.7. The molecule has 0 aromatic heterocycles. The van der Waals surface area contributed by atoms with Crippen LogP contribution in [0.3, 0.4) is 0 Å². The lowest BCUT2D eigenvalue weighted by atomic mass is 9.19. The Balaban J connectivity index is 0.886. The molecule has 0 saturated heterocycles. The van der Waals surface area contributed by atoms with E-state index >= 15 is 0 Å². The van der Waals surface area contributed by atoms with Gasteiger partial charge in [-0.2, -0.15) is 0 Å². The smallest absolute Gasteiger partial charge is 0.217 e. The van der Waals surface area contributed by atoms with E-state index in [4.69, 9.17) is 0 Å². The topological polar surface area (TPSA) is 6.48 Å². The number of benzene rings is 8. The molecule has 8 aromatic carbocycles. The van der Waals surface area contributed by atoms with Crippen molar-refractivity contribution in [3.63, 3.8) is 0 Å². The highest BCUT2D eigenvalue weighted by molar-refractivity contribution is 7.99. The average molecular weight is 901 g/mol. The zero-order chi connectivity index (χ0) is 45.8. The van der Waals surface area contributed by atoms with E-state index in [-0.39, 0.29) is 47.7 Å². The number of anilines is 6. The lowest BCUT2D eigenvalue weighted by Crippen LogP contribution is -2.67. The molecule has 5 unspecified atom stereocenters. The largest absolute Gasteiger partial charge is 0.310 e. The van der Waals surface area contributed by atoms with Gasteiger partial charge in [0.05, 0.1) is 22.7 Å². The van der Waals surface area contributed by atoms with Crippen LogP contribution in [0, 0.1) is 11.8 Å². The summed E-state index contributed by atoms with van der Waals surface area (Å²) >= 11 is 1.86. The SMILES string of the molecule is CC1(C)c2ccccc2N(c2ccc(B3c4ccccc4C4(c5ccccc5B(c5ccc(N6c7ccccc7Sc7ccccc76)cc5)C5C=CC=CC54)C4C=CC=CC34)cc2)c2ccccc21. The molecule has 2 nitrogen and oxygen atoms in total. The number of para-hydroxylation sites is 4. The van der Waals surface area contributed by atoms with Crippen LogP contribution in [0.15, 0.2) is 253 Å². The molecule has 0 amide bonds. The zero-order valence-corrected chi connectivity index (χ0v) is 39.7. The van der Waals surface area contributed by atoms with Gasteiger partial charge in [-0.3, -0.25) is 0 Å². The van der Waals surface area contributed by atoms with Crippen molar-refractivity contribution in [2.45, 2.75) is 46.1 Å². The van der Waals surface area contributed by atoms with Crippen LogP contribution in [0.25, 0.3) is 0 Å². The minimum atomic E-state index is -0.287. The molecule has 0 radical (unpaired) electrons. The van der Waals surface area contributed by atoms with Crippen molar-refractivity contribution in [1.29, 1.82) is 0 Å². The Morgan fingerprint density at radius 3 is 1.20 bits per heavy atom. The first-order valence-electron chi connectivity index (χ1n) is 24.8. The van der Waals surface area contributed by atoms with Gasteiger partial charge in [0.25, 0.3) is 0 Å². The number of hydrogen-bond donors (Lipinski definition) is 0. The summed E-state index contributed by atoms with van der Waals surface area (Å²) in [6.07, 6.45) is 19.5. The predicted molar refractivity (Wildman–Crippen MR) is 293 cm³/mol. The molecule has 4 heterocycles. The molecule has 0 N–H and O–H groups in total. The third-order valence-corrected chi connectivity index (χ3v) is 17.9. The van der Waals surface area contributed by atoms with Crippen LogP contribution in [0.1, 0.15) is 36.1 Å². The van der Waals surface area contributed by atoms with Gasteiger partial charge in [-0.1, -0.05) is 230 Å². The molecule has 2 aliphatic carbocycles. The second-order valence-corrected chi connectivity index (χ2v) is 21.4. The van der Waals surface area contributed by atoms with Crippen LogP contribution >= 0.6 is 11.8 Å². The van der Waals surface area contributed by atoms with E-state index < -0.39 is 0 Å². The van der Waals surface area contributed by atoms with E-state index in [9.17, 15) is 0 Å². The summed E-state index contributed by atoms with van der Waals surface area (Å²) < 4.78 is 0. The Bertz CT molecular complexity index is 3380. The van der Waals surface area contributed by atoms with E-state index in [0.29, 0.717) is 0 Å². The third-order valence-electron chi connectivity index (χ3n) is 16.7. The minimum Gasteiger partial charge on any atom is -0.310 e. The molecule has 8 aromatic rings. The molecule has 1 spiro atoms. The predicted octanol–water partition coefficient (Wildman–Crippen LogP) is 13.5. The lowest BCUT2D eigenvalue weighted by Gasteiger charge is -2.59. The van der Waals surface area contributed by atoms with Gasteiger partial charge in [-0.15, -0.1) is 0 Å². The van der Waals surface area contributed by atoms with Crippen molar-refractivity contribution in [3.8, 4) is 0 Å². The maximum absolute atomic E-state index is 2.58. The molecule has 14 rings (SSSR count). The van der Waals surface area contributed by atoms with Gasteiger partial charge in [0.15, 0.2) is 0 Å². The van der Waals surface area contributed by atoms with Gasteiger partial charge in [0.1, 0.15) is 0 Å². The highest BCUT2D eigenvalue weighted by atomic mass is 32.2. The Labute approximate surface area is 411 Å². The molecule has 0 fully saturated rings. The summed E-state index contributed by atoms with van der Waals surface area (Å²) in [5, 5.41) is 0. The van der Waals surface area contributed by atoms with E-state index in [1.807, 2.05) is 11.8 Å². The first-order valence-corrected chi connectivity index (χ1v) is 25.6. The van der Waals surface area contributed by atoms with Crippen molar-refractivity contribution >= 4 is 81.2 Å². The maximum atomic E-state index is 2.58.